The molecule has 0 fully saturated rings. The molecule has 1 aromatic rings. The van der Waals surface area contributed by atoms with Crippen molar-refractivity contribution in [1.29, 1.82) is 0 Å². The lowest BCUT2D eigenvalue weighted by Gasteiger charge is -2.11. The van der Waals surface area contributed by atoms with E-state index in [0.717, 1.165) is 12.3 Å². The number of halogens is 1. The van der Waals surface area contributed by atoms with E-state index < -0.39 is 0 Å². The molecule has 1 aromatic carbocycles. The van der Waals surface area contributed by atoms with Gasteiger partial charge in [-0.25, -0.2) is 0 Å². The fraction of sp³-hybridized carbons (Fsp3) is 0.500. The topological polar surface area (TPSA) is 41.1 Å². The number of hydrogen-bond donors (Lipinski definition) is 2. The van der Waals surface area contributed by atoms with E-state index in [1.165, 1.54) is 10.5 Å². The molecule has 0 radical (unpaired) electrons. The van der Waals surface area contributed by atoms with E-state index in [1.54, 1.807) is 11.8 Å². The summed E-state index contributed by atoms with van der Waals surface area (Å²) in [7, 11) is 1.86. The molecule has 0 aliphatic rings. The zero-order valence-electron chi connectivity index (χ0n) is 11.7. The summed E-state index contributed by atoms with van der Waals surface area (Å²) in [6.07, 6.45) is 0. The predicted molar refractivity (Wildman–Crippen MR) is 85.3 cm³/mol. The van der Waals surface area contributed by atoms with Gasteiger partial charge < -0.3 is 10.6 Å². The van der Waals surface area contributed by atoms with Crippen LogP contribution >= 0.6 is 24.2 Å². The molecule has 0 saturated heterocycles. The van der Waals surface area contributed by atoms with Crippen LogP contribution < -0.4 is 10.6 Å². The van der Waals surface area contributed by atoms with Crippen molar-refractivity contribution in [3.63, 3.8) is 0 Å². The lowest BCUT2D eigenvalue weighted by atomic mass is 10.1. The Morgan fingerprint density at radius 3 is 2.53 bits per heavy atom. The van der Waals surface area contributed by atoms with Gasteiger partial charge in [0.25, 0.3) is 0 Å². The van der Waals surface area contributed by atoms with Crippen LogP contribution in [0.4, 0.5) is 0 Å². The van der Waals surface area contributed by atoms with Gasteiger partial charge in [-0.3, -0.25) is 4.79 Å². The normalized spacial score (nSPS) is 11.5. The molecule has 5 heteroatoms. The molecule has 0 heterocycles. The van der Waals surface area contributed by atoms with E-state index in [2.05, 4.69) is 41.8 Å². The van der Waals surface area contributed by atoms with E-state index in [9.17, 15) is 4.79 Å². The van der Waals surface area contributed by atoms with E-state index >= 15 is 0 Å². The molecule has 2 N–H and O–H groups in total. The van der Waals surface area contributed by atoms with Crippen molar-refractivity contribution in [1.82, 2.24) is 10.6 Å². The zero-order valence-corrected chi connectivity index (χ0v) is 13.4. The van der Waals surface area contributed by atoms with E-state index in [1.807, 2.05) is 14.0 Å². The number of thioether (sulfide) groups is 1. The average Bonchev–Trinajstić information content (AvgIpc) is 2.36. The second-order valence-corrected chi connectivity index (χ2v) is 5.58. The average molecular weight is 303 g/mol. The molecule has 3 nitrogen and oxygen atoms in total. The number of aryl methyl sites for hydroxylation is 1. The molecule has 1 atom stereocenters. The first-order valence-corrected chi connectivity index (χ1v) is 7.24. The minimum absolute atomic E-state index is 0. The molecule has 0 saturated carbocycles. The van der Waals surface area contributed by atoms with Crippen LogP contribution in [0.25, 0.3) is 0 Å². The minimum atomic E-state index is 0. The molecule has 0 bridgehead atoms. The van der Waals surface area contributed by atoms with Crippen LogP contribution in [-0.4, -0.2) is 31.8 Å². The lowest BCUT2D eigenvalue weighted by Crippen LogP contribution is -2.35. The second kappa shape index (κ2) is 10.1. The van der Waals surface area contributed by atoms with Crippen molar-refractivity contribution in [3.05, 3.63) is 29.8 Å². The number of nitrogens with one attached hydrogen (secondary N) is 2. The number of hydrogen-bond acceptors (Lipinski definition) is 3. The van der Waals surface area contributed by atoms with Gasteiger partial charge in [-0.05, 0) is 26.1 Å². The molecule has 19 heavy (non-hydrogen) atoms. The molecule has 0 aliphatic heterocycles. The first-order chi connectivity index (χ1) is 8.63. The second-order valence-electron chi connectivity index (χ2n) is 4.41. The van der Waals surface area contributed by atoms with E-state index in [-0.39, 0.29) is 24.2 Å². The number of carbonyl (C=O) groups excluding carboxylic acids is 1. The van der Waals surface area contributed by atoms with Gasteiger partial charge in [0, 0.05) is 29.7 Å². The van der Waals surface area contributed by atoms with Gasteiger partial charge in [0.05, 0.1) is 0 Å². The maximum absolute atomic E-state index is 11.6. The van der Waals surface area contributed by atoms with Crippen molar-refractivity contribution in [2.24, 2.45) is 5.92 Å². The summed E-state index contributed by atoms with van der Waals surface area (Å²) in [5, 5.41) is 5.95. The SMILES string of the molecule is CNCC(C)C(=O)NCCSc1ccc(C)cc1.Cl. The van der Waals surface area contributed by atoms with Gasteiger partial charge in [0.2, 0.25) is 5.91 Å². The van der Waals surface area contributed by atoms with Crippen LogP contribution in [0.2, 0.25) is 0 Å². The molecular formula is C14H23ClN2OS. The third-order valence-electron chi connectivity index (χ3n) is 2.65. The van der Waals surface area contributed by atoms with Crippen LogP contribution in [0.1, 0.15) is 12.5 Å². The Hall–Kier alpha value is -0.710. The summed E-state index contributed by atoms with van der Waals surface area (Å²) in [6, 6.07) is 8.45. The summed E-state index contributed by atoms with van der Waals surface area (Å²) >= 11 is 1.77. The van der Waals surface area contributed by atoms with Crippen molar-refractivity contribution < 1.29 is 4.79 Å². The lowest BCUT2D eigenvalue weighted by molar-refractivity contribution is -0.124. The van der Waals surface area contributed by atoms with Gasteiger partial charge in [0.1, 0.15) is 0 Å². The van der Waals surface area contributed by atoms with Crippen molar-refractivity contribution in [2.75, 3.05) is 25.9 Å². The highest BCUT2D eigenvalue weighted by Crippen LogP contribution is 2.17. The Kier molecular flexibility index (Phi) is 9.74. The first kappa shape index (κ1) is 18.3. The van der Waals surface area contributed by atoms with Crippen LogP contribution in [0.15, 0.2) is 29.2 Å². The number of carbonyl (C=O) groups is 1. The Labute approximate surface area is 126 Å². The fourth-order valence-electron chi connectivity index (χ4n) is 1.55. The third-order valence-corrected chi connectivity index (χ3v) is 3.66. The quantitative estimate of drug-likeness (QED) is 0.600. The number of amides is 1. The predicted octanol–water partition coefficient (Wildman–Crippen LogP) is 2.48. The monoisotopic (exact) mass is 302 g/mol. The Morgan fingerprint density at radius 2 is 1.95 bits per heavy atom. The molecule has 0 spiro atoms. The van der Waals surface area contributed by atoms with Crippen LogP contribution in [0.3, 0.4) is 0 Å². The highest BCUT2D eigenvalue weighted by atomic mass is 35.5. The maximum Gasteiger partial charge on any atom is 0.224 e. The summed E-state index contributed by atoms with van der Waals surface area (Å²) in [6.45, 7) is 5.44. The summed E-state index contributed by atoms with van der Waals surface area (Å²) in [5.74, 6) is 1.05. The van der Waals surface area contributed by atoms with Gasteiger partial charge in [-0.15, -0.1) is 24.2 Å². The molecule has 1 unspecified atom stereocenters. The fourth-order valence-corrected chi connectivity index (χ4v) is 2.32. The van der Waals surface area contributed by atoms with E-state index in [0.29, 0.717) is 6.54 Å². The standard InChI is InChI=1S/C14H22N2OS.ClH/c1-11-4-6-13(7-5-11)18-9-8-16-14(17)12(2)10-15-3;/h4-7,12,15H,8-10H2,1-3H3,(H,16,17);1H. The van der Waals surface area contributed by atoms with Gasteiger partial charge in [-0.1, -0.05) is 24.6 Å². The van der Waals surface area contributed by atoms with E-state index in [4.69, 9.17) is 0 Å². The van der Waals surface area contributed by atoms with Crippen LogP contribution in [0.5, 0.6) is 0 Å². The number of rotatable bonds is 7. The Balaban J connectivity index is 0.00000324. The smallest absolute Gasteiger partial charge is 0.224 e. The summed E-state index contributed by atoms with van der Waals surface area (Å²) < 4.78 is 0. The van der Waals surface area contributed by atoms with Crippen LogP contribution in [0, 0.1) is 12.8 Å². The Morgan fingerprint density at radius 1 is 1.32 bits per heavy atom. The Bertz CT molecular complexity index is 370. The molecule has 1 amide bonds. The first-order valence-electron chi connectivity index (χ1n) is 6.25. The molecule has 1 rings (SSSR count). The summed E-state index contributed by atoms with van der Waals surface area (Å²) in [4.78, 5) is 12.9. The zero-order chi connectivity index (χ0) is 13.4. The van der Waals surface area contributed by atoms with Crippen molar-refractivity contribution >= 4 is 30.1 Å². The van der Waals surface area contributed by atoms with Gasteiger partial charge in [0.15, 0.2) is 0 Å². The number of benzene rings is 1. The molecular weight excluding hydrogens is 280 g/mol. The highest BCUT2D eigenvalue weighted by Gasteiger charge is 2.10. The van der Waals surface area contributed by atoms with Crippen molar-refractivity contribution in [3.8, 4) is 0 Å². The highest BCUT2D eigenvalue weighted by molar-refractivity contribution is 7.99. The minimum Gasteiger partial charge on any atom is -0.355 e. The molecule has 108 valence electrons. The molecule has 0 aliphatic carbocycles. The molecule has 0 aromatic heterocycles. The third kappa shape index (κ3) is 7.45. The maximum atomic E-state index is 11.6. The summed E-state index contributed by atoms with van der Waals surface area (Å²) in [5.41, 5.74) is 1.27. The van der Waals surface area contributed by atoms with Gasteiger partial charge in [-0.2, -0.15) is 0 Å². The van der Waals surface area contributed by atoms with Gasteiger partial charge >= 0.3 is 0 Å². The van der Waals surface area contributed by atoms with Crippen LogP contribution in [-0.2, 0) is 4.79 Å². The largest absolute Gasteiger partial charge is 0.355 e. The van der Waals surface area contributed by atoms with Crippen molar-refractivity contribution in [2.45, 2.75) is 18.7 Å².